The highest BCUT2D eigenvalue weighted by molar-refractivity contribution is 5.95. The summed E-state index contributed by atoms with van der Waals surface area (Å²) in [7, 11) is 0. The van der Waals surface area contributed by atoms with Crippen molar-refractivity contribution in [1.29, 1.82) is 0 Å². The summed E-state index contributed by atoms with van der Waals surface area (Å²) in [5.41, 5.74) is 0.669. The molecule has 12 nitrogen and oxygen atoms in total. The summed E-state index contributed by atoms with van der Waals surface area (Å²) in [6.45, 7) is 3.17. The smallest absolute Gasteiger partial charge is 0.322 e. The van der Waals surface area contributed by atoms with Crippen molar-refractivity contribution in [3.63, 3.8) is 0 Å². The lowest BCUT2D eigenvalue weighted by Gasteiger charge is -2.36. The summed E-state index contributed by atoms with van der Waals surface area (Å²) in [6.07, 6.45) is 1.20. The minimum absolute atomic E-state index is 0.103. The van der Waals surface area contributed by atoms with Crippen LogP contribution in [0.2, 0.25) is 0 Å². The maximum absolute atomic E-state index is 15.0. The number of amides is 5. The monoisotopic (exact) mass is 513 g/mol. The van der Waals surface area contributed by atoms with Gasteiger partial charge >= 0.3 is 11.9 Å². The van der Waals surface area contributed by atoms with Gasteiger partial charge in [-0.25, -0.2) is 9.18 Å². The normalized spacial score (nSPS) is 17.4. The van der Waals surface area contributed by atoms with Crippen molar-refractivity contribution in [1.82, 2.24) is 20.9 Å². The van der Waals surface area contributed by atoms with E-state index in [0.717, 1.165) is 0 Å². The number of rotatable bonds is 7. The lowest BCUT2D eigenvalue weighted by Crippen LogP contribution is -2.52. The van der Waals surface area contributed by atoms with Gasteiger partial charge in [0.1, 0.15) is 5.82 Å². The molecule has 37 heavy (non-hydrogen) atoms. The predicted octanol–water partition coefficient (Wildman–Crippen LogP) is -0.428. The summed E-state index contributed by atoms with van der Waals surface area (Å²) in [5, 5.41) is 19.5. The van der Waals surface area contributed by atoms with Crippen LogP contribution in [0.25, 0.3) is 0 Å². The third-order valence-corrected chi connectivity index (χ3v) is 6.25. The molecule has 2 aliphatic rings. The SMILES string of the molecule is CC(=O)NCC1CN(c2ccc(N3CCN(C(=O)CNC(=O)c4cccc[n+]4[O-])CC3)c(F)c2)C(=O)N1. The first-order chi connectivity index (χ1) is 17.7. The summed E-state index contributed by atoms with van der Waals surface area (Å²) in [6, 6.07) is 8.36. The third-order valence-electron chi connectivity index (χ3n) is 6.25. The van der Waals surface area contributed by atoms with Crippen LogP contribution in [-0.2, 0) is 9.59 Å². The van der Waals surface area contributed by atoms with E-state index in [1.54, 1.807) is 23.1 Å². The van der Waals surface area contributed by atoms with Gasteiger partial charge in [0.2, 0.25) is 11.8 Å². The Morgan fingerprint density at radius 2 is 1.89 bits per heavy atom. The number of piperazine rings is 1. The largest absolute Gasteiger partial charge is 0.618 e. The first-order valence-electron chi connectivity index (χ1n) is 11.8. The molecular weight excluding hydrogens is 485 g/mol. The molecule has 1 atom stereocenters. The molecule has 2 saturated heterocycles. The van der Waals surface area contributed by atoms with Gasteiger partial charge in [-0.15, -0.1) is 0 Å². The van der Waals surface area contributed by atoms with E-state index in [9.17, 15) is 24.4 Å². The second-order valence-electron chi connectivity index (χ2n) is 8.79. The maximum atomic E-state index is 15.0. The van der Waals surface area contributed by atoms with E-state index in [1.807, 2.05) is 4.90 Å². The Labute approximate surface area is 212 Å². The number of anilines is 2. The molecule has 0 bridgehead atoms. The number of aromatic nitrogens is 1. The first kappa shape index (κ1) is 25.7. The highest BCUT2D eigenvalue weighted by Crippen LogP contribution is 2.27. The molecule has 0 spiro atoms. The Hall–Kier alpha value is -4.42. The number of hydrogen-bond donors (Lipinski definition) is 3. The minimum atomic E-state index is -0.641. The van der Waals surface area contributed by atoms with Crippen LogP contribution in [0.15, 0.2) is 42.6 Å². The molecule has 3 N–H and O–H groups in total. The van der Waals surface area contributed by atoms with Crippen molar-refractivity contribution in [2.45, 2.75) is 13.0 Å². The van der Waals surface area contributed by atoms with Crippen LogP contribution in [0.1, 0.15) is 17.4 Å². The number of pyridine rings is 1. The van der Waals surface area contributed by atoms with E-state index in [2.05, 4.69) is 16.0 Å². The van der Waals surface area contributed by atoms with Crippen molar-refractivity contribution in [3.8, 4) is 0 Å². The van der Waals surface area contributed by atoms with Crippen molar-refractivity contribution in [3.05, 3.63) is 59.3 Å². The summed E-state index contributed by atoms with van der Waals surface area (Å²) >= 11 is 0. The van der Waals surface area contributed by atoms with E-state index in [-0.39, 0.29) is 42.7 Å². The van der Waals surface area contributed by atoms with Crippen molar-refractivity contribution in [2.24, 2.45) is 0 Å². The fourth-order valence-corrected chi connectivity index (χ4v) is 4.29. The molecule has 0 aliphatic carbocycles. The van der Waals surface area contributed by atoms with Gasteiger partial charge < -0.3 is 31.0 Å². The Morgan fingerprint density at radius 3 is 2.57 bits per heavy atom. The maximum Gasteiger partial charge on any atom is 0.322 e. The first-order valence-corrected chi connectivity index (χ1v) is 11.8. The second-order valence-corrected chi connectivity index (χ2v) is 8.79. The molecule has 2 aromatic rings. The highest BCUT2D eigenvalue weighted by atomic mass is 19.1. The third kappa shape index (κ3) is 6.05. The molecule has 0 radical (unpaired) electrons. The lowest BCUT2D eigenvalue weighted by atomic mass is 10.2. The summed E-state index contributed by atoms with van der Waals surface area (Å²) in [5.74, 6) is -1.63. The number of carbonyl (C=O) groups is 4. The molecule has 13 heteroatoms. The van der Waals surface area contributed by atoms with Crippen LogP contribution in [-0.4, -0.2) is 80.5 Å². The van der Waals surface area contributed by atoms with Crippen LogP contribution in [0.5, 0.6) is 0 Å². The van der Waals surface area contributed by atoms with Gasteiger partial charge in [-0.1, -0.05) is 0 Å². The Morgan fingerprint density at radius 1 is 1.14 bits per heavy atom. The standard InChI is InChI=1S/C24H28FN7O5/c1-16(33)26-13-17-15-31(24(36)28-17)18-5-6-20(19(25)12-18)29-8-10-30(11-9-29)22(34)14-27-23(35)21-4-2-3-7-32(21)37/h2-7,12,17H,8-11,13-15H2,1H3,(H,26,33)(H,27,35)(H,28,36). The number of urea groups is 1. The van der Waals surface area contributed by atoms with Gasteiger partial charge in [0, 0.05) is 64.0 Å². The molecule has 0 saturated carbocycles. The molecule has 1 aromatic carbocycles. The Kier molecular flexibility index (Phi) is 7.70. The Bertz CT molecular complexity index is 1200. The molecule has 4 rings (SSSR count). The second kappa shape index (κ2) is 11.1. The van der Waals surface area contributed by atoms with Crippen LogP contribution < -0.4 is 30.5 Å². The van der Waals surface area contributed by atoms with Crippen molar-refractivity contribution in [2.75, 3.05) is 55.6 Å². The molecule has 1 unspecified atom stereocenters. The molecule has 1 aromatic heterocycles. The topological polar surface area (TPSA) is 141 Å². The average molecular weight is 514 g/mol. The van der Waals surface area contributed by atoms with Gasteiger partial charge in [0.25, 0.3) is 5.69 Å². The number of carbonyl (C=O) groups excluding carboxylic acids is 4. The fourth-order valence-electron chi connectivity index (χ4n) is 4.29. The van der Waals surface area contributed by atoms with E-state index < -0.39 is 11.7 Å². The van der Waals surface area contributed by atoms with Crippen LogP contribution in [0, 0.1) is 11.0 Å². The number of halogens is 1. The van der Waals surface area contributed by atoms with Crippen LogP contribution in [0.3, 0.4) is 0 Å². The number of benzene rings is 1. The van der Waals surface area contributed by atoms with Gasteiger partial charge in [0.05, 0.1) is 18.3 Å². The number of nitrogens with zero attached hydrogens (tertiary/aromatic N) is 4. The molecular formula is C24H28FN7O5. The average Bonchev–Trinajstić information content (AvgIpc) is 3.26. The minimum Gasteiger partial charge on any atom is -0.618 e. The highest BCUT2D eigenvalue weighted by Gasteiger charge is 2.31. The van der Waals surface area contributed by atoms with Gasteiger partial charge in [-0.3, -0.25) is 19.3 Å². The Balaban J connectivity index is 1.29. The van der Waals surface area contributed by atoms with Crippen molar-refractivity contribution >= 4 is 35.1 Å². The van der Waals surface area contributed by atoms with E-state index in [1.165, 1.54) is 36.2 Å². The molecule has 3 heterocycles. The predicted molar refractivity (Wildman–Crippen MR) is 131 cm³/mol. The summed E-state index contributed by atoms with van der Waals surface area (Å²) in [4.78, 5) is 52.9. The molecule has 2 fully saturated rings. The quantitative estimate of drug-likeness (QED) is 0.339. The van der Waals surface area contributed by atoms with Gasteiger partial charge in [0.15, 0.2) is 6.20 Å². The lowest BCUT2D eigenvalue weighted by molar-refractivity contribution is -0.607. The molecule has 5 amide bonds. The van der Waals surface area contributed by atoms with E-state index >= 15 is 4.39 Å². The zero-order valence-corrected chi connectivity index (χ0v) is 20.3. The van der Waals surface area contributed by atoms with Crippen LogP contribution >= 0.6 is 0 Å². The van der Waals surface area contributed by atoms with Gasteiger partial charge in [-0.2, -0.15) is 4.73 Å². The molecule has 2 aliphatic heterocycles. The van der Waals surface area contributed by atoms with Crippen molar-refractivity contribution < 1.29 is 28.3 Å². The fraction of sp³-hybridized carbons (Fsp3) is 0.375. The zero-order valence-electron chi connectivity index (χ0n) is 20.3. The van der Waals surface area contributed by atoms with E-state index in [4.69, 9.17) is 0 Å². The number of nitrogens with one attached hydrogen (secondary N) is 3. The number of hydrogen-bond acceptors (Lipinski definition) is 6. The molecule has 196 valence electrons. The van der Waals surface area contributed by atoms with E-state index in [0.29, 0.717) is 48.8 Å². The van der Waals surface area contributed by atoms with Crippen LogP contribution in [0.4, 0.5) is 20.6 Å². The van der Waals surface area contributed by atoms with Gasteiger partial charge in [-0.05, 0) is 24.3 Å². The summed E-state index contributed by atoms with van der Waals surface area (Å²) < 4.78 is 15.4. The zero-order chi connectivity index (χ0) is 26.5.